The maximum atomic E-state index is 6.27. The molecule has 0 heterocycles. The van der Waals surface area contributed by atoms with Gasteiger partial charge in [-0.25, -0.2) is 0 Å². The first-order chi connectivity index (χ1) is 7.20. The minimum absolute atomic E-state index is 0.430. The molecule has 2 nitrogen and oxygen atoms in total. The summed E-state index contributed by atoms with van der Waals surface area (Å²) in [6, 6.07) is 1.10. The molecule has 2 saturated carbocycles. The molecule has 0 aromatic carbocycles. The predicted molar refractivity (Wildman–Crippen MR) is 64.7 cm³/mol. The molecule has 0 bridgehead atoms. The molecular weight excluding hydrogens is 184 g/mol. The number of nitrogens with zero attached hydrogens (tertiary/aromatic N) is 1. The first-order valence-corrected chi connectivity index (χ1v) is 6.70. The third-order valence-electron chi connectivity index (χ3n) is 4.20. The molecule has 0 saturated heterocycles. The highest BCUT2D eigenvalue weighted by Gasteiger charge is 2.33. The van der Waals surface area contributed by atoms with Gasteiger partial charge in [0, 0.05) is 18.6 Å². The molecule has 0 aliphatic heterocycles. The predicted octanol–water partition coefficient (Wildman–Crippen LogP) is 2.23. The lowest BCUT2D eigenvalue weighted by Gasteiger charge is -2.40. The van der Waals surface area contributed by atoms with Crippen molar-refractivity contribution < 1.29 is 0 Å². The summed E-state index contributed by atoms with van der Waals surface area (Å²) in [5.74, 6) is 1.87. The van der Waals surface area contributed by atoms with Crippen LogP contribution in [0.5, 0.6) is 0 Å². The summed E-state index contributed by atoms with van der Waals surface area (Å²) in [5, 5.41) is 0. The topological polar surface area (TPSA) is 29.3 Å². The number of rotatable bonds is 4. The highest BCUT2D eigenvalue weighted by molar-refractivity contribution is 4.90. The summed E-state index contributed by atoms with van der Waals surface area (Å²) in [4.78, 5) is 2.65. The second-order valence-corrected chi connectivity index (χ2v) is 5.68. The van der Waals surface area contributed by atoms with E-state index in [1.165, 1.54) is 45.2 Å². The zero-order valence-corrected chi connectivity index (χ0v) is 10.3. The molecule has 2 aliphatic rings. The van der Waals surface area contributed by atoms with Gasteiger partial charge < -0.3 is 5.73 Å². The monoisotopic (exact) mass is 210 g/mol. The van der Waals surface area contributed by atoms with Gasteiger partial charge in [0.2, 0.25) is 0 Å². The Morgan fingerprint density at radius 2 is 1.93 bits per heavy atom. The van der Waals surface area contributed by atoms with Crippen LogP contribution in [0, 0.1) is 11.8 Å². The van der Waals surface area contributed by atoms with Gasteiger partial charge in [0.1, 0.15) is 0 Å². The van der Waals surface area contributed by atoms with E-state index in [0.29, 0.717) is 12.1 Å². The van der Waals surface area contributed by atoms with E-state index in [4.69, 9.17) is 5.73 Å². The number of nitrogens with two attached hydrogens (primary N) is 1. The Hall–Kier alpha value is -0.0800. The maximum absolute atomic E-state index is 6.27. The molecule has 3 unspecified atom stereocenters. The molecule has 0 radical (unpaired) electrons. The lowest BCUT2D eigenvalue weighted by molar-refractivity contribution is 0.116. The molecular formula is C13H26N2. The van der Waals surface area contributed by atoms with Crippen molar-refractivity contribution in [2.45, 2.75) is 58.0 Å². The fourth-order valence-electron chi connectivity index (χ4n) is 2.93. The fraction of sp³-hybridized carbons (Fsp3) is 1.00. The zero-order chi connectivity index (χ0) is 10.8. The average Bonchev–Trinajstić information content (AvgIpc) is 3.02. The van der Waals surface area contributed by atoms with Crippen molar-refractivity contribution in [1.82, 2.24) is 4.90 Å². The molecule has 2 N–H and O–H groups in total. The van der Waals surface area contributed by atoms with Gasteiger partial charge in [-0.15, -0.1) is 0 Å². The standard InChI is InChI=1S/C13H26N2/c1-3-15(9-11-5-6-11)13-8-10(2)4-7-12(13)14/h10-13H,3-9,14H2,1-2H3. The van der Waals surface area contributed by atoms with Crippen LogP contribution in [-0.2, 0) is 0 Å². The Morgan fingerprint density at radius 1 is 1.20 bits per heavy atom. The molecule has 2 heteroatoms. The van der Waals surface area contributed by atoms with Crippen LogP contribution in [0.2, 0.25) is 0 Å². The van der Waals surface area contributed by atoms with E-state index in [2.05, 4.69) is 18.7 Å². The van der Waals surface area contributed by atoms with E-state index in [1.807, 2.05) is 0 Å². The van der Waals surface area contributed by atoms with Gasteiger partial charge in [0.15, 0.2) is 0 Å². The third kappa shape index (κ3) is 2.94. The Kier molecular flexibility index (Phi) is 3.68. The van der Waals surface area contributed by atoms with Crippen LogP contribution in [0.4, 0.5) is 0 Å². The van der Waals surface area contributed by atoms with Crippen molar-refractivity contribution in [2.75, 3.05) is 13.1 Å². The van der Waals surface area contributed by atoms with Crippen LogP contribution in [0.15, 0.2) is 0 Å². The highest BCUT2D eigenvalue weighted by Crippen LogP contribution is 2.33. The van der Waals surface area contributed by atoms with E-state index >= 15 is 0 Å². The first kappa shape index (κ1) is 11.4. The summed E-state index contributed by atoms with van der Waals surface area (Å²) in [5.41, 5.74) is 6.27. The number of hydrogen-bond acceptors (Lipinski definition) is 2. The smallest absolute Gasteiger partial charge is 0.0249 e. The van der Waals surface area contributed by atoms with Crippen molar-refractivity contribution in [2.24, 2.45) is 17.6 Å². The zero-order valence-electron chi connectivity index (χ0n) is 10.3. The van der Waals surface area contributed by atoms with Gasteiger partial charge in [-0.3, -0.25) is 4.90 Å². The Labute approximate surface area is 94.2 Å². The fourth-order valence-corrected chi connectivity index (χ4v) is 2.93. The Morgan fingerprint density at radius 3 is 2.53 bits per heavy atom. The maximum Gasteiger partial charge on any atom is 0.0249 e. The van der Waals surface area contributed by atoms with Crippen molar-refractivity contribution in [3.05, 3.63) is 0 Å². The molecule has 0 aromatic rings. The molecule has 15 heavy (non-hydrogen) atoms. The van der Waals surface area contributed by atoms with Gasteiger partial charge in [-0.1, -0.05) is 13.8 Å². The lowest BCUT2D eigenvalue weighted by atomic mass is 9.83. The second-order valence-electron chi connectivity index (χ2n) is 5.68. The molecule has 0 aromatic heterocycles. The van der Waals surface area contributed by atoms with Crippen LogP contribution in [0.1, 0.15) is 46.0 Å². The summed E-state index contributed by atoms with van der Waals surface area (Å²) >= 11 is 0. The van der Waals surface area contributed by atoms with Crippen molar-refractivity contribution in [3.63, 3.8) is 0 Å². The Balaban J connectivity index is 1.91. The highest BCUT2D eigenvalue weighted by atomic mass is 15.2. The summed E-state index contributed by atoms with van der Waals surface area (Å²) < 4.78 is 0. The van der Waals surface area contributed by atoms with Crippen LogP contribution in [0.25, 0.3) is 0 Å². The first-order valence-electron chi connectivity index (χ1n) is 6.70. The minimum atomic E-state index is 0.430. The SMILES string of the molecule is CCN(CC1CC1)C1CC(C)CCC1N. The largest absolute Gasteiger partial charge is 0.326 e. The van der Waals surface area contributed by atoms with E-state index in [0.717, 1.165) is 11.8 Å². The summed E-state index contributed by atoms with van der Waals surface area (Å²) in [6.07, 6.45) is 6.79. The summed E-state index contributed by atoms with van der Waals surface area (Å²) in [6.45, 7) is 7.15. The third-order valence-corrected chi connectivity index (χ3v) is 4.20. The van der Waals surface area contributed by atoms with Crippen LogP contribution < -0.4 is 5.73 Å². The van der Waals surface area contributed by atoms with Crippen molar-refractivity contribution in [1.29, 1.82) is 0 Å². The average molecular weight is 210 g/mol. The van der Waals surface area contributed by atoms with Gasteiger partial charge in [-0.05, 0) is 50.5 Å². The molecule has 2 rings (SSSR count). The molecule has 0 spiro atoms. The second kappa shape index (κ2) is 4.84. The summed E-state index contributed by atoms with van der Waals surface area (Å²) in [7, 11) is 0. The molecule has 2 aliphatic carbocycles. The molecule has 2 fully saturated rings. The van der Waals surface area contributed by atoms with Gasteiger partial charge in [0.05, 0.1) is 0 Å². The van der Waals surface area contributed by atoms with E-state index in [-0.39, 0.29) is 0 Å². The molecule has 3 atom stereocenters. The minimum Gasteiger partial charge on any atom is -0.326 e. The van der Waals surface area contributed by atoms with Crippen molar-refractivity contribution >= 4 is 0 Å². The normalized spacial score (nSPS) is 37.2. The van der Waals surface area contributed by atoms with Gasteiger partial charge in [-0.2, -0.15) is 0 Å². The molecule has 0 amide bonds. The van der Waals surface area contributed by atoms with Crippen LogP contribution in [0.3, 0.4) is 0 Å². The number of hydrogen-bond donors (Lipinski definition) is 1. The van der Waals surface area contributed by atoms with E-state index in [1.54, 1.807) is 0 Å². The Bertz CT molecular complexity index is 201. The molecule has 88 valence electrons. The van der Waals surface area contributed by atoms with Gasteiger partial charge in [0.25, 0.3) is 0 Å². The van der Waals surface area contributed by atoms with E-state index in [9.17, 15) is 0 Å². The van der Waals surface area contributed by atoms with Crippen LogP contribution in [-0.4, -0.2) is 30.1 Å². The number of likely N-dealkylation sites (N-methyl/N-ethyl adjacent to an activating group) is 1. The van der Waals surface area contributed by atoms with Crippen LogP contribution >= 0.6 is 0 Å². The quantitative estimate of drug-likeness (QED) is 0.771. The lowest BCUT2D eigenvalue weighted by Crippen LogP contribution is -2.51. The van der Waals surface area contributed by atoms with Crippen molar-refractivity contribution in [3.8, 4) is 0 Å². The van der Waals surface area contributed by atoms with E-state index < -0.39 is 0 Å². The van der Waals surface area contributed by atoms with Gasteiger partial charge >= 0.3 is 0 Å².